The molecule has 1 aliphatic rings. The molecule has 0 spiro atoms. The molecule has 2 amide bonds. The van der Waals surface area contributed by atoms with Crippen LogP contribution in [0.3, 0.4) is 0 Å². The topological polar surface area (TPSA) is 75.2 Å². The van der Waals surface area contributed by atoms with Crippen molar-refractivity contribution >= 4 is 34.0 Å². The number of anilines is 2. The number of carbonyl (C=O) groups excluding carboxylic acids is 2. The molecule has 1 aromatic heterocycles. The van der Waals surface area contributed by atoms with Gasteiger partial charge in [-0.05, 0) is 30.5 Å². The van der Waals surface area contributed by atoms with Crippen molar-refractivity contribution in [2.45, 2.75) is 51.9 Å². The molecule has 0 aliphatic carbocycles. The third-order valence-corrected chi connectivity index (χ3v) is 5.29. The number of rotatable bonds is 8. The minimum atomic E-state index is -0.105. The first-order valence-corrected chi connectivity index (χ1v) is 9.99. The first kappa shape index (κ1) is 18.5. The summed E-state index contributed by atoms with van der Waals surface area (Å²) in [4.78, 5) is 25.8. The molecule has 1 fully saturated rings. The number of carbonyl (C=O) groups is 2. The Morgan fingerprint density at radius 3 is 2.73 bits per heavy atom. The molecule has 1 saturated heterocycles. The fourth-order valence-electron chi connectivity index (χ4n) is 3.00. The Balaban J connectivity index is 1.51. The largest absolute Gasteiger partial charge is 0.312 e. The molecule has 0 atom stereocenters. The smallest absolute Gasteiger partial charge is 0.230 e. The molecule has 6 nitrogen and oxygen atoms in total. The van der Waals surface area contributed by atoms with Gasteiger partial charge in [-0.25, -0.2) is 0 Å². The third kappa shape index (κ3) is 4.88. The molecule has 0 bridgehead atoms. The Hall–Kier alpha value is -2.28. The van der Waals surface area contributed by atoms with Gasteiger partial charge in [0.05, 0.1) is 6.42 Å². The quantitative estimate of drug-likeness (QED) is 0.719. The number of hydrogen-bond donors (Lipinski definition) is 1. The maximum absolute atomic E-state index is 12.2. The molecule has 2 heterocycles. The molecule has 26 heavy (non-hydrogen) atoms. The highest BCUT2D eigenvalue weighted by atomic mass is 32.1. The zero-order valence-electron chi connectivity index (χ0n) is 15.0. The summed E-state index contributed by atoms with van der Waals surface area (Å²) < 4.78 is 0. The van der Waals surface area contributed by atoms with E-state index in [2.05, 4.69) is 22.4 Å². The van der Waals surface area contributed by atoms with Crippen molar-refractivity contribution in [3.63, 3.8) is 0 Å². The van der Waals surface area contributed by atoms with E-state index < -0.39 is 0 Å². The van der Waals surface area contributed by atoms with E-state index in [0.29, 0.717) is 11.6 Å². The van der Waals surface area contributed by atoms with Crippen LogP contribution in [0.25, 0.3) is 0 Å². The summed E-state index contributed by atoms with van der Waals surface area (Å²) in [6.45, 7) is 2.94. The van der Waals surface area contributed by atoms with Gasteiger partial charge in [0.2, 0.25) is 16.9 Å². The molecule has 1 aliphatic heterocycles. The number of hydrogen-bond acceptors (Lipinski definition) is 5. The number of aromatic nitrogens is 2. The number of aryl methyl sites for hydroxylation is 1. The molecular formula is C19H24N4O2S. The Bertz CT molecular complexity index is 757. The van der Waals surface area contributed by atoms with Gasteiger partial charge >= 0.3 is 0 Å². The minimum absolute atomic E-state index is 0.105. The molecular weight excluding hydrogens is 348 g/mol. The van der Waals surface area contributed by atoms with Crippen molar-refractivity contribution in [1.82, 2.24) is 10.2 Å². The van der Waals surface area contributed by atoms with Gasteiger partial charge in [0, 0.05) is 25.1 Å². The summed E-state index contributed by atoms with van der Waals surface area (Å²) in [7, 11) is 0. The summed E-state index contributed by atoms with van der Waals surface area (Å²) >= 11 is 1.44. The van der Waals surface area contributed by atoms with E-state index in [1.807, 2.05) is 24.3 Å². The van der Waals surface area contributed by atoms with Crippen LogP contribution in [0.15, 0.2) is 24.3 Å². The maximum Gasteiger partial charge on any atom is 0.230 e. The average molecular weight is 372 g/mol. The average Bonchev–Trinajstić information content (AvgIpc) is 3.25. The van der Waals surface area contributed by atoms with Crippen LogP contribution in [0.2, 0.25) is 0 Å². The Labute approximate surface area is 157 Å². The standard InChI is InChI=1S/C19H24N4O2S/c1-2-3-4-6-17-21-22-19(26-17)20-16(24)13-14-8-10-15(11-9-14)23-12-5-7-18(23)25/h8-11H,2-7,12-13H2,1H3,(H,20,22,24). The minimum Gasteiger partial charge on any atom is -0.312 e. The summed E-state index contributed by atoms with van der Waals surface area (Å²) in [5.41, 5.74) is 1.81. The predicted octanol–water partition coefficient (Wildman–Crippen LogP) is 3.58. The van der Waals surface area contributed by atoms with Gasteiger partial charge in [0.1, 0.15) is 5.01 Å². The molecule has 2 aromatic rings. The molecule has 3 rings (SSSR count). The van der Waals surface area contributed by atoms with Crippen molar-refractivity contribution in [1.29, 1.82) is 0 Å². The second-order valence-corrected chi connectivity index (χ2v) is 7.56. The van der Waals surface area contributed by atoms with Crippen molar-refractivity contribution in [2.75, 3.05) is 16.8 Å². The zero-order valence-corrected chi connectivity index (χ0v) is 15.8. The van der Waals surface area contributed by atoms with Gasteiger partial charge in [0.15, 0.2) is 0 Å². The Kier molecular flexibility index (Phi) is 6.33. The molecule has 0 unspecified atom stereocenters. The highest BCUT2D eigenvalue weighted by Gasteiger charge is 2.21. The molecule has 0 saturated carbocycles. The molecule has 138 valence electrons. The zero-order chi connectivity index (χ0) is 18.4. The highest BCUT2D eigenvalue weighted by Crippen LogP contribution is 2.22. The second kappa shape index (κ2) is 8.89. The van der Waals surface area contributed by atoms with Crippen molar-refractivity contribution in [2.24, 2.45) is 0 Å². The maximum atomic E-state index is 12.2. The van der Waals surface area contributed by atoms with Crippen molar-refractivity contribution in [3.05, 3.63) is 34.8 Å². The Morgan fingerprint density at radius 2 is 2.04 bits per heavy atom. The lowest BCUT2D eigenvalue weighted by Gasteiger charge is -2.15. The fourth-order valence-corrected chi connectivity index (χ4v) is 3.79. The van der Waals surface area contributed by atoms with Crippen LogP contribution in [0.4, 0.5) is 10.8 Å². The lowest BCUT2D eigenvalue weighted by atomic mass is 10.1. The molecule has 0 radical (unpaired) electrons. The van der Waals surface area contributed by atoms with Crippen LogP contribution in [0, 0.1) is 0 Å². The van der Waals surface area contributed by atoms with E-state index in [-0.39, 0.29) is 18.2 Å². The lowest BCUT2D eigenvalue weighted by Crippen LogP contribution is -2.23. The first-order valence-electron chi connectivity index (χ1n) is 9.17. The van der Waals surface area contributed by atoms with Gasteiger partial charge in [-0.2, -0.15) is 0 Å². The van der Waals surface area contributed by atoms with E-state index in [9.17, 15) is 9.59 Å². The van der Waals surface area contributed by atoms with E-state index in [1.165, 1.54) is 24.2 Å². The number of benzene rings is 1. The van der Waals surface area contributed by atoms with Crippen LogP contribution < -0.4 is 10.2 Å². The fraction of sp³-hybridized carbons (Fsp3) is 0.474. The predicted molar refractivity (Wildman–Crippen MR) is 104 cm³/mol. The molecule has 7 heteroatoms. The van der Waals surface area contributed by atoms with Crippen LogP contribution in [0.5, 0.6) is 0 Å². The number of nitrogens with one attached hydrogen (secondary N) is 1. The van der Waals surface area contributed by atoms with E-state index in [1.54, 1.807) is 4.90 Å². The van der Waals surface area contributed by atoms with Gasteiger partial charge in [-0.1, -0.05) is 43.2 Å². The van der Waals surface area contributed by atoms with Crippen LogP contribution in [0.1, 0.15) is 49.6 Å². The van der Waals surface area contributed by atoms with Crippen LogP contribution >= 0.6 is 11.3 Å². The molecule has 1 aromatic carbocycles. The first-order chi connectivity index (χ1) is 12.7. The SMILES string of the molecule is CCCCCc1nnc(NC(=O)Cc2ccc(N3CCCC3=O)cc2)s1. The van der Waals surface area contributed by atoms with Gasteiger partial charge < -0.3 is 10.2 Å². The van der Waals surface area contributed by atoms with E-state index in [0.717, 1.165) is 42.1 Å². The summed E-state index contributed by atoms with van der Waals surface area (Å²) in [6.07, 6.45) is 6.17. The third-order valence-electron chi connectivity index (χ3n) is 4.39. The van der Waals surface area contributed by atoms with Gasteiger partial charge in [-0.15, -0.1) is 10.2 Å². The number of amides is 2. The Morgan fingerprint density at radius 1 is 1.23 bits per heavy atom. The van der Waals surface area contributed by atoms with Crippen molar-refractivity contribution < 1.29 is 9.59 Å². The van der Waals surface area contributed by atoms with Gasteiger partial charge in [-0.3, -0.25) is 9.59 Å². The second-order valence-electron chi connectivity index (χ2n) is 6.50. The molecule has 1 N–H and O–H groups in total. The lowest BCUT2D eigenvalue weighted by molar-refractivity contribution is -0.117. The highest BCUT2D eigenvalue weighted by molar-refractivity contribution is 7.15. The van der Waals surface area contributed by atoms with Gasteiger partial charge in [0.25, 0.3) is 0 Å². The number of nitrogens with zero attached hydrogens (tertiary/aromatic N) is 3. The number of unbranched alkanes of at least 4 members (excludes halogenated alkanes) is 2. The van der Waals surface area contributed by atoms with E-state index in [4.69, 9.17) is 0 Å². The summed E-state index contributed by atoms with van der Waals surface area (Å²) in [5, 5.41) is 12.5. The van der Waals surface area contributed by atoms with Crippen molar-refractivity contribution in [3.8, 4) is 0 Å². The van der Waals surface area contributed by atoms with Crippen LogP contribution in [-0.2, 0) is 22.4 Å². The monoisotopic (exact) mass is 372 g/mol. The summed E-state index contributed by atoms with van der Waals surface area (Å²) in [5.74, 6) is 0.0627. The summed E-state index contributed by atoms with van der Waals surface area (Å²) in [6, 6.07) is 7.61. The normalized spacial score (nSPS) is 14.0. The van der Waals surface area contributed by atoms with Crippen LogP contribution in [-0.4, -0.2) is 28.6 Å². The van der Waals surface area contributed by atoms with E-state index >= 15 is 0 Å².